The van der Waals surface area contributed by atoms with Gasteiger partial charge in [-0.3, -0.25) is 4.90 Å². The van der Waals surface area contributed by atoms with Gasteiger partial charge in [0.1, 0.15) is 11.8 Å². The van der Waals surface area contributed by atoms with Crippen molar-refractivity contribution in [2.24, 2.45) is 0 Å². The lowest BCUT2D eigenvalue weighted by Crippen LogP contribution is -2.41. The summed E-state index contributed by atoms with van der Waals surface area (Å²) < 4.78 is 34.8. The molecule has 27 heavy (non-hydrogen) atoms. The molecular formula is C19H25F2N3O2S. The van der Waals surface area contributed by atoms with Crippen molar-refractivity contribution >= 4 is 29.2 Å². The Kier molecular flexibility index (Phi) is 5.73. The molecule has 0 aromatic heterocycles. The number of carbonyl (C=O) groups is 1. The monoisotopic (exact) mass is 397 g/mol. The maximum absolute atomic E-state index is 14.7. The first-order valence-electron chi connectivity index (χ1n) is 9.65. The van der Waals surface area contributed by atoms with E-state index in [9.17, 15) is 13.6 Å². The molecule has 0 radical (unpaired) electrons. The van der Waals surface area contributed by atoms with Crippen molar-refractivity contribution in [3.63, 3.8) is 0 Å². The molecule has 1 atom stereocenters. The molecule has 1 aliphatic carbocycles. The molecule has 8 heteroatoms. The molecule has 1 N–H and O–H groups in total. The van der Waals surface area contributed by atoms with E-state index >= 15 is 0 Å². The van der Waals surface area contributed by atoms with Crippen LogP contribution in [0.3, 0.4) is 0 Å². The summed E-state index contributed by atoms with van der Waals surface area (Å²) in [5.74, 6) is 0.615. The molecule has 2 aliphatic heterocycles. The fourth-order valence-corrected chi connectivity index (χ4v) is 4.62. The zero-order valence-corrected chi connectivity index (χ0v) is 16.1. The van der Waals surface area contributed by atoms with E-state index in [1.54, 1.807) is 16.7 Å². The van der Waals surface area contributed by atoms with E-state index in [0.29, 0.717) is 32.2 Å². The third-order valence-corrected chi connectivity index (χ3v) is 6.51. The molecule has 2 heterocycles. The Labute approximate surface area is 162 Å². The fraction of sp³-hybridized carbons (Fsp3) is 0.632. The lowest BCUT2D eigenvalue weighted by atomic mass is 9.93. The van der Waals surface area contributed by atoms with Crippen LogP contribution in [0.15, 0.2) is 12.1 Å². The smallest absolute Gasteiger partial charge is 0.414 e. The van der Waals surface area contributed by atoms with Crippen LogP contribution in [0.1, 0.15) is 25.7 Å². The second-order valence-corrected chi connectivity index (χ2v) is 8.59. The number of carbonyl (C=O) groups excluding carboxylic acids is 1. The molecule has 1 saturated carbocycles. The minimum Gasteiger partial charge on any atom is -0.443 e. The van der Waals surface area contributed by atoms with Crippen molar-refractivity contribution in [3.8, 4) is 0 Å². The number of nitrogens with one attached hydrogen (secondary N) is 1. The van der Waals surface area contributed by atoms with E-state index < -0.39 is 17.7 Å². The van der Waals surface area contributed by atoms with Crippen LogP contribution in [0, 0.1) is 11.6 Å². The summed E-state index contributed by atoms with van der Waals surface area (Å²) >= 11 is 1.80. The molecule has 3 fully saturated rings. The van der Waals surface area contributed by atoms with Crippen LogP contribution in [-0.4, -0.2) is 55.9 Å². The van der Waals surface area contributed by atoms with Crippen LogP contribution in [0.4, 0.5) is 25.0 Å². The van der Waals surface area contributed by atoms with Crippen LogP contribution in [0.2, 0.25) is 0 Å². The Bertz CT molecular complexity index is 671. The van der Waals surface area contributed by atoms with Gasteiger partial charge in [0.15, 0.2) is 11.6 Å². The second kappa shape index (κ2) is 8.22. The number of thioether (sulfide) groups is 1. The van der Waals surface area contributed by atoms with Gasteiger partial charge in [-0.15, -0.1) is 0 Å². The van der Waals surface area contributed by atoms with Crippen LogP contribution >= 0.6 is 11.8 Å². The minimum absolute atomic E-state index is 0.0111. The van der Waals surface area contributed by atoms with Gasteiger partial charge in [0.05, 0.1) is 12.2 Å². The lowest BCUT2D eigenvalue weighted by molar-refractivity contribution is 0.135. The maximum Gasteiger partial charge on any atom is 0.414 e. The van der Waals surface area contributed by atoms with Gasteiger partial charge < -0.3 is 15.0 Å². The summed E-state index contributed by atoms with van der Waals surface area (Å²) in [6.45, 7) is 2.14. The number of nitrogens with zero attached hydrogens (tertiary/aromatic N) is 2. The molecular weight excluding hydrogens is 372 g/mol. The summed E-state index contributed by atoms with van der Waals surface area (Å²) in [6.07, 6.45) is 3.59. The average molecular weight is 397 g/mol. The Morgan fingerprint density at radius 1 is 1.15 bits per heavy atom. The Balaban J connectivity index is 1.46. The van der Waals surface area contributed by atoms with Crippen LogP contribution in [-0.2, 0) is 4.74 Å². The number of hydrogen-bond acceptors (Lipinski definition) is 5. The van der Waals surface area contributed by atoms with Gasteiger partial charge in [0.25, 0.3) is 0 Å². The zero-order valence-electron chi connectivity index (χ0n) is 15.3. The maximum atomic E-state index is 14.7. The van der Waals surface area contributed by atoms with Crippen molar-refractivity contribution in [1.82, 2.24) is 5.32 Å². The third kappa shape index (κ3) is 4.16. The van der Waals surface area contributed by atoms with Gasteiger partial charge in [-0.2, -0.15) is 11.8 Å². The molecule has 3 aliphatic rings. The number of halogens is 2. The van der Waals surface area contributed by atoms with Gasteiger partial charge in [0.2, 0.25) is 0 Å². The predicted molar refractivity (Wildman–Crippen MR) is 104 cm³/mol. The van der Waals surface area contributed by atoms with Crippen LogP contribution in [0.5, 0.6) is 0 Å². The standard InChI is InChI=1S/C19H25F2N3O2S/c20-16-9-14(10-17(21)18(16)23-5-2-7-27-8-6-23)24-12-15(26-19(24)25)11-22-13-3-1-4-13/h9-10,13,15,22H,1-8,11-12H2/t15-/m0/s1. The Morgan fingerprint density at radius 3 is 2.63 bits per heavy atom. The molecule has 1 aromatic rings. The normalized spacial score (nSPS) is 23.9. The van der Waals surface area contributed by atoms with Crippen molar-refractivity contribution in [2.45, 2.75) is 37.8 Å². The number of ether oxygens (including phenoxy) is 1. The van der Waals surface area contributed by atoms with Crippen molar-refractivity contribution in [1.29, 1.82) is 0 Å². The van der Waals surface area contributed by atoms with E-state index in [1.165, 1.54) is 23.5 Å². The highest BCUT2D eigenvalue weighted by molar-refractivity contribution is 7.99. The fourth-order valence-electron chi connectivity index (χ4n) is 3.73. The molecule has 0 unspecified atom stereocenters. The minimum atomic E-state index is -0.624. The van der Waals surface area contributed by atoms with E-state index in [2.05, 4.69) is 5.32 Å². The molecule has 1 aromatic carbocycles. The summed E-state index contributed by atoms with van der Waals surface area (Å²) in [5.41, 5.74) is 0.228. The Morgan fingerprint density at radius 2 is 1.93 bits per heavy atom. The lowest BCUT2D eigenvalue weighted by Gasteiger charge is -2.27. The van der Waals surface area contributed by atoms with E-state index in [4.69, 9.17) is 4.74 Å². The van der Waals surface area contributed by atoms with E-state index in [1.807, 2.05) is 0 Å². The van der Waals surface area contributed by atoms with Crippen LogP contribution in [0.25, 0.3) is 0 Å². The summed E-state index contributed by atoms with van der Waals surface area (Å²) in [7, 11) is 0. The number of hydrogen-bond donors (Lipinski definition) is 1. The highest BCUT2D eigenvalue weighted by Crippen LogP contribution is 2.32. The number of amides is 1. The topological polar surface area (TPSA) is 44.8 Å². The number of cyclic esters (lactones) is 1. The molecule has 5 nitrogen and oxygen atoms in total. The van der Waals surface area contributed by atoms with E-state index in [0.717, 1.165) is 30.8 Å². The first kappa shape index (κ1) is 18.8. The molecule has 0 spiro atoms. The first-order chi connectivity index (χ1) is 13.1. The summed E-state index contributed by atoms with van der Waals surface area (Å²) in [6, 6.07) is 3.00. The first-order valence-corrected chi connectivity index (χ1v) is 10.8. The van der Waals surface area contributed by atoms with Gasteiger partial charge in [-0.05, 0) is 25.0 Å². The van der Waals surface area contributed by atoms with Gasteiger partial charge in [-0.1, -0.05) is 6.42 Å². The number of rotatable bonds is 5. The van der Waals surface area contributed by atoms with Crippen molar-refractivity contribution in [3.05, 3.63) is 23.8 Å². The van der Waals surface area contributed by atoms with Crippen molar-refractivity contribution in [2.75, 3.05) is 47.5 Å². The van der Waals surface area contributed by atoms with Gasteiger partial charge in [0, 0.05) is 43.6 Å². The zero-order chi connectivity index (χ0) is 18.8. The predicted octanol–water partition coefficient (Wildman–Crippen LogP) is 3.38. The highest BCUT2D eigenvalue weighted by atomic mass is 32.2. The SMILES string of the molecule is O=C1O[C@@H](CNC2CCC2)CN1c1cc(F)c(N2CCCSCC2)c(F)c1. The van der Waals surface area contributed by atoms with E-state index in [-0.39, 0.29) is 17.5 Å². The second-order valence-electron chi connectivity index (χ2n) is 7.36. The molecule has 2 saturated heterocycles. The van der Waals surface area contributed by atoms with Crippen LogP contribution < -0.4 is 15.1 Å². The van der Waals surface area contributed by atoms with Gasteiger partial charge in [-0.25, -0.2) is 13.6 Å². The van der Waals surface area contributed by atoms with Crippen molar-refractivity contribution < 1.29 is 18.3 Å². The summed E-state index contributed by atoms with van der Waals surface area (Å²) in [5, 5.41) is 3.37. The Hall–Kier alpha value is -1.54. The molecule has 1 amide bonds. The van der Waals surface area contributed by atoms with Gasteiger partial charge >= 0.3 is 6.09 Å². The molecule has 0 bridgehead atoms. The molecule has 4 rings (SSSR count). The number of benzene rings is 1. The molecule has 148 valence electrons. The number of anilines is 2. The highest BCUT2D eigenvalue weighted by Gasteiger charge is 2.34. The average Bonchev–Trinajstić information content (AvgIpc) is 2.78. The summed E-state index contributed by atoms with van der Waals surface area (Å²) in [4.78, 5) is 15.3. The third-order valence-electron chi connectivity index (χ3n) is 5.47. The quantitative estimate of drug-likeness (QED) is 0.825. The largest absolute Gasteiger partial charge is 0.443 e.